The smallest absolute Gasteiger partial charge is 0.266 e. The summed E-state index contributed by atoms with van der Waals surface area (Å²) in [5, 5.41) is 2.93. The monoisotopic (exact) mass is 441 g/mol. The van der Waals surface area contributed by atoms with Crippen LogP contribution in [0, 0.1) is 18.6 Å². The van der Waals surface area contributed by atoms with E-state index in [0.717, 1.165) is 17.2 Å². The third kappa shape index (κ3) is 4.29. The molecule has 3 aromatic rings. The van der Waals surface area contributed by atoms with Crippen molar-refractivity contribution >= 4 is 21.7 Å². The lowest BCUT2D eigenvalue weighted by atomic mass is 9.91. The van der Waals surface area contributed by atoms with Crippen molar-refractivity contribution in [3.05, 3.63) is 94.6 Å². The number of fused-ring (bicyclic) bond motifs is 1. The Hall–Kier alpha value is -3.26. The Bertz CT molecular complexity index is 1270. The van der Waals surface area contributed by atoms with Gasteiger partial charge in [0, 0.05) is 11.5 Å². The van der Waals surface area contributed by atoms with E-state index in [9.17, 15) is 17.2 Å². The summed E-state index contributed by atoms with van der Waals surface area (Å²) in [5.74, 6) is -1.36. The molecule has 1 aliphatic rings. The molecule has 0 radical (unpaired) electrons. The minimum atomic E-state index is -3.95. The average Bonchev–Trinajstić information content (AvgIpc) is 2.72. The second-order valence-corrected chi connectivity index (χ2v) is 9.14. The Labute approximate surface area is 179 Å². The predicted molar refractivity (Wildman–Crippen MR) is 117 cm³/mol. The van der Waals surface area contributed by atoms with E-state index in [-0.39, 0.29) is 28.7 Å². The Balaban J connectivity index is 1.75. The highest BCUT2D eigenvalue weighted by molar-refractivity contribution is 7.90. The molecule has 160 valence electrons. The molecular weight excluding hydrogens is 420 g/mol. The quantitative estimate of drug-likeness (QED) is 0.617. The zero-order valence-electron chi connectivity index (χ0n) is 17.0. The van der Waals surface area contributed by atoms with Gasteiger partial charge < -0.3 is 5.32 Å². The molecule has 0 spiro atoms. The molecule has 2 N–H and O–H groups in total. The van der Waals surface area contributed by atoms with E-state index in [1.165, 1.54) is 18.2 Å². The van der Waals surface area contributed by atoms with E-state index < -0.39 is 27.6 Å². The SMILES string of the molecule is Cc1ccc(C(C)c2c(F)ccc3c2NC(=NCc2cccc(F)c2)NS3(=O)=O)cc1. The van der Waals surface area contributed by atoms with E-state index in [2.05, 4.69) is 15.0 Å². The maximum atomic E-state index is 14.9. The Kier molecular flexibility index (Phi) is 5.49. The number of halogens is 2. The van der Waals surface area contributed by atoms with E-state index >= 15 is 0 Å². The van der Waals surface area contributed by atoms with Crippen LogP contribution in [0.3, 0.4) is 0 Å². The van der Waals surface area contributed by atoms with Crippen LogP contribution in [0.5, 0.6) is 0 Å². The van der Waals surface area contributed by atoms with Gasteiger partial charge in [-0.2, -0.15) is 0 Å². The van der Waals surface area contributed by atoms with Gasteiger partial charge in [-0.25, -0.2) is 26.9 Å². The molecule has 1 aliphatic heterocycles. The number of hydrogen-bond acceptors (Lipinski definition) is 3. The normalized spacial score (nSPS) is 16.8. The standard InChI is InChI=1S/C23H21F2N3O2S/c1-14-6-8-17(9-7-14)15(2)21-19(25)10-11-20-22(21)27-23(28-31(20,29)30)26-13-16-4-3-5-18(24)12-16/h3-12,15H,13H2,1-2H3,(H2,26,27,28). The molecule has 0 fully saturated rings. The molecular formula is C23H21F2N3O2S. The molecule has 3 aromatic carbocycles. The summed E-state index contributed by atoms with van der Waals surface area (Å²) in [6, 6.07) is 15.9. The van der Waals surface area contributed by atoms with Crippen LogP contribution >= 0.6 is 0 Å². The number of guanidine groups is 1. The molecule has 1 atom stereocenters. The fraction of sp³-hybridized carbons (Fsp3) is 0.174. The van der Waals surface area contributed by atoms with Crippen molar-refractivity contribution in [3.8, 4) is 0 Å². The van der Waals surface area contributed by atoms with Gasteiger partial charge in [0.05, 0.1) is 12.2 Å². The maximum Gasteiger partial charge on any atom is 0.266 e. The first-order valence-corrected chi connectivity index (χ1v) is 11.2. The van der Waals surface area contributed by atoms with Crippen molar-refractivity contribution in [3.63, 3.8) is 0 Å². The fourth-order valence-corrected chi connectivity index (χ4v) is 4.73. The van der Waals surface area contributed by atoms with E-state index in [1.807, 2.05) is 38.1 Å². The second-order valence-electron chi connectivity index (χ2n) is 7.49. The molecule has 0 aliphatic carbocycles. The molecule has 0 bridgehead atoms. The Morgan fingerprint density at radius 1 is 1.03 bits per heavy atom. The molecule has 1 heterocycles. The van der Waals surface area contributed by atoms with E-state index in [4.69, 9.17) is 0 Å². The van der Waals surface area contributed by atoms with Gasteiger partial charge in [-0.15, -0.1) is 0 Å². The first-order valence-electron chi connectivity index (χ1n) is 9.72. The number of nitrogens with one attached hydrogen (secondary N) is 2. The summed E-state index contributed by atoms with van der Waals surface area (Å²) in [5.41, 5.74) is 2.90. The predicted octanol–water partition coefficient (Wildman–Crippen LogP) is 4.69. The van der Waals surface area contributed by atoms with Gasteiger partial charge in [0.15, 0.2) is 0 Å². The van der Waals surface area contributed by atoms with Gasteiger partial charge in [-0.05, 0) is 42.3 Å². The third-order valence-electron chi connectivity index (χ3n) is 5.24. The van der Waals surface area contributed by atoms with Crippen molar-refractivity contribution in [1.82, 2.24) is 4.72 Å². The first kappa shape index (κ1) is 21.0. The second kappa shape index (κ2) is 8.11. The number of aryl methyl sites for hydroxylation is 1. The van der Waals surface area contributed by atoms with Crippen molar-refractivity contribution in [2.75, 3.05) is 5.32 Å². The lowest BCUT2D eigenvalue weighted by Gasteiger charge is -2.26. The van der Waals surface area contributed by atoms with Gasteiger partial charge in [0.25, 0.3) is 10.0 Å². The van der Waals surface area contributed by atoms with Crippen LogP contribution in [0.1, 0.15) is 35.1 Å². The van der Waals surface area contributed by atoms with Crippen molar-refractivity contribution < 1.29 is 17.2 Å². The van der Waals surface area contributed by atoms with Crippen molar-refractivity contribution in [1.29, 1.82) is 0 Å². The summed E-state index contributed by atoms with van der Waals surface area (Å²) < 4.78 is 56.3. The van der Waals surface area contributed by atoms with Crippen LogP contribution in [0.4, 0.5) is 14.5 Å². The summed E-state index contributed by atoms with van der Waals surface area (Å²) in [6.45, 7) is 3.83. The molecule has 0 saturated carbocycles. The zero-order chi connectivity index (χ0) is 22.2. The van der Waals surface area contributed by atoms with Crippen LogP contribution in [-0.2, 0) is 16.6 Å². The molecule has 0 aromatic heterocycles. The van der Waals surface area contributed by atoms with Gasteiger partial charge in [-0.1, -0.05) is 48.9 Å². The molecule has 31 heavy (non-hydrogen) atoms. The zero-order valence-corrected chi connectivity index (χ0v) is 17.8. The lowest BCUT2D eigenvalue weighted by molar-refractivity contribution is 0.586. The highest BCUT2D eigenvalue weighted by Crippen LogP contribution is 2.38. The average molecular weight is 442 g/mol. The first-order chi connectivity index (χ1) is 14.7. The number of nitrogens with zero attached hydrogens (tertiary/aromatic N) is 1. The van der Waals surface area contributed by atoms with Crippen LogP contribution in [-0.4, -0.2) is 14.4 Å². The number of aliphatic imine (C=N–C) groups is 1. The van der Waals surface area contributed by atoms with Crippen LogP contribution < -0.4 is 10.0 Å². The summed E-state index contributed by atoms with van der Waals surface area (Å²) in [4.78, 5) is 4.18. The minimum absolute atomic E-state index is 0.0419. The van der Waals surface area contributed by atoms with Gasteiger partial charge in [-0.3, -0.25) is 0 Å². The Morgan fingerprint density at radius 2 is 1.77 bits per heavy atom. The molecule has 8 heteroatoms. The number of sulfonamides is 1. The van der Waals surface area contributed by atoms with Gasteiger partial charge >= 0.3 is 0 Å². The topological polar surface area (TPSA) is 70.6 Å². The molecule has 0 amide bonds. The van der Waals surface area contributed by atoms with E-state index in [0.29, 0.717) is 5.56 Å². The summed E-state index contributed by atoms with van der Waals surface area (Å²) in [7, 11) is -3.95. The van der Waals surface area contributed by atoms with Crippen LogP contribution in [0.2, 0.25) is 0 Å². The lowest BCUT2D eigenvalue weighted by Crippen LogP contribution is -2.41. The minimum Gasteiger partial charge on any atom is -0.324 e. The highest BCUT2D eigenvalue weighted by Gasteiger charge is 2.32. The summed E-state index contributed by atoms with van der Waals surface area (Å²) >= 11 is 0. The Morgan fingerprint density at radius 3 is 2.48 bits per heavy atom. The molecule has 0 saturated heterocycles. The van der Waals surface area contributed by atoms with Crippen LogP contribution in [0.25, 0.3) is 0 Å². The largest absolute Gasteiger partial charge is 0.324 e. The van der Waals surface area contributed by atoms with E-state index in [1.54, 1.807) is 12.1 Å². The molecule has 4 rings (SSSR count). The van der Waals surface area contributed by atoms with Crippen molar-refractivity contribution in [2.24, 2.45) is 4.99 Å². The number of anilines is 1. The van der Waals surface area contributed by atoms with Gasteiger partial charge in [0.2, 0.25) is 5.96 Å². The maximum absolute atomic E-state index is 14.9. The van der Waals surface area contributed by atoms with Gasteiger partial charge in [0.1, 0.15) is 16.5 Å². The number of rotatable bonds is 4. The highest BCUT2D eigenvalue weighted by atomic mass is 32.2. The summed E-state index contributed by atoms with van der Waals surface area (Å²) in [6.07, 6.45) is 0. The third-order valence-corrected chi connectivity index (χ3v) is 6.62. The van der Waals surface area contributed by atoms with Crippen molar-refractivity contribution in [2.45, 2.75) is 31.2 Å². The molecule has 5 nitrogen and oxygen atoms in total. The van der Waals surface area contributed by atoms with Crippen LogP contribution in [0.15, 0.2) is 70.6 Å². The molecule has 1 unspecified atom stereocenters. The number of benzene rings is 3. The fourth-order valence-electron chi connectivity index (χ4n) is 3.58. The number of hydrogen-bond donors (Lipinski definition) is 2.